The summed E-state index contributed by atoms with van der Waals surface area (Å²) in [6.07, 6.45) is 2.47. The number of hydrogen-bond acceptors (Lipinski definition) is 4. The molecule has 3 rings (SSSR count). The summed E-state index contributed by atoms with van der Waals surface area (Å²) in [4.78, 5) is 4.93. The van der Waals surface area contributed by atoms with Gasteiger partial charge in [0.05, 0.1) is 0 Å². The van der Waals surface area contributed by atoms with Gasteiger partial charge in [-0.3, -0.25) is 4.90 Å². The Balaban J connectivity index is 1.84. The molecule has 0 aromatic heterocycles. The Hall–Kier alpha value is -0.710. The largest absolute Gasteiger partial charge is 0.374 e. The molecule has 2 heterocycles. The van der Waals surface area contributed by atoms with Crippen LogP contribution in [0.15, 0.2) is 18.2 Å². The number of nitrogens with zero attached hydrogens (tertiary/aromatic N) is 2. The molecule has 2 N–H and O–H groups in total. The highest BCUT2D eigenvalue weighted by Crippen LogP contribution is 2.31. The van der Waals surface area contributed by atoms with Gasteiger partial charge in [-0.2, -0.15) is 11.8 Å². The molecule has 3 nitrogen and oxygen atoms in total. The van der Waals surface area contributed by atoms with Gasteiger partial charge in [0, 0.05) is 56.5 Å². The maximum atomic E-state index is 6.08. The van der Waals surface area contributed by atoms with Crippen molar-refractivity contribution in [2.24, 2.45) is 5.73 Å². The molecule has 1 atom stereocenters. The first-order valence-electron chi connectivity index (χ1n) is 7.65. The molecule has 110 valence electrons. The molecular weight excluding hydrogens is 266 g/mol. The van der Waals surface area contributed by atoms with Crippen molar-refractivity contribution in [2.75, 3.05) is 49.6 Å². The molecule has 1 saturated heterocycles. The fraction of sp³-hybridized carbons (Fsp3) is 0.625. The predicted molar refractivity (Wildman–Crippen MR) is 88.7 cm³/mol. The van der Waals surface area contributed by atoms with Gasteiger partial charge >= 0.3 is 0 Å². The molecule has 0 radical (unpaired) electrons. The fourth-order valence-corrected chi connectivity index (χ4v) is 4.33. The Labute approximate surface area is 126 Å². The third kappa shape index (κ3) is 2.83. The van der Waals surface area contributed by atoms with Crippen molar-refractivity contribution in [1.82, 2.24) is 4.90 Å². The highest BCUT2D eigenvalue weighted by atomic mass is 32.2. The van der Waals surface area contributed by atoms with Crippen LogP contribution in [-0.4, -0.2) is 49.6 Å². The molecule has 4 heteroatoms. The number of thioether (sulfide) groups is 1. The minimum atomic E-state index is 0.397. The summed E-state index contributed by atoms with van der Waals surface area (Å²) >= 11 is 2.06. The quantitative estimate of drug-likeness (QED) is 0.924. The van der Waals surface area contributed by atoms with Gasteiger partial charge in [0.25, 0.3) is 0 Å². The summed E-state index contributed by atoms with van der Waals surface area (Å²) in [5.41, 5.74) is 10.4. The molecule has 2 aliphatic rings. The summed E-state index contributed by atoms with van der Waals surface area (Å²) in [7, 11) is 2.19. The lowest BCUT2D eigenvalue weighted by atomic mass is 9.96. The molecule has 0 aliphatic carbocycles. The van der Waals surface area contributed by atoms with Gasteiger partial charge in [0.2, 0.25) is 0 Å². The van der Waals surface area contributed by atoms with Gasteiger partial charge in [0.1, 0.15) is 0 Å². The molecule has 2 aliphatic heterocycles. The molecule has 1 aromatic carbocycles. The van der Waals surface area contributed by atoms with E-state index in [9.17, 15) is 0 Å². The van der Waals surface area contributed by atoms with Crippen LogP contribution in [0.3, 0.4) is 0 Å². The molecule has 1 aromatic rings. The first-order valence-corrected chi connectivity index (χ1v) is 8.81. The summed E-state index contributed by atoms with van der Waals surface area (Å²) in [5.74, 6) is 2.48. The standard InChI is InChI=1S/C16H25N3S/c1-18-6-2-3-13-11-14(4-5-15(13)18)16(12-17)19-7-9-20-10-8-19/h4-5,11,16H,2-3,6-10,12,17H2,1H3. The van der Waals surface area contributed by atoms with E-state index in [4.69, 9.17) is 5.73 Å². The van der Waals surface area contributed by atoms with Gasteiger partial charge in [-0.15, -0.1) is 0 Å². The van der Waals surface area contributed by atoms with Crippen molar-refractivity contribution in [1.29, 1.82) is 0 Å². The van der Waals surface area contributed by atoms with Crippen LogP contribution in [-0.2, 0) is 6.42 Å². The SMILES string of the molecule is CN1CCCc2cc(C(CN)N3CCSCC3)ccc21. The maximum absolute atomic E-state index is 6.08. The molecule has 1 unspecified atom stereocenters. The molecule has 0 amide bonds. The Morgan fingerprint density at radius 2 is 2.05 bits per heavy atom. The van der Waals surface area contributed by atoms with Crippen LogP contribution >= 0.6 is 11.8 Å². The molecule has 0 spiro atoms. The first kappa shape index (κ1) is 14.2. The zero-order chi connectivity index (χ0) is 13.9. The number of rotatable bonds is 3. The second kappa shape index (κ2) is 6.37. The van der Waals surface area contributed by atoms with Crippen LogP contribution in [0.2, 0.25) is 0 Å². The molecule has 0 bridgehead atoms. The van der Waals surface area contributed by atoms with E-state index in [-0.39, 0.29) is 0 Å². The normalized spacial score (nSPS) is 21.6. The predicted octanol–water partition coefficient (Wildman–Crippen LogP) is 2.12. The van der Waals surface area contributed by atoms with Gasteiger partial charge < -0.3 is 10.6 Å². The van der Waals surface area contributed by atoms with E-state index in [1.54, 1.807) is 0 Å². The second-order valence-corrected chi connectivity index (χ2v) is 7.04. The summed E-state index contributed by atoms with van der Waals surface area (Å²) in [6, 6.07) is 7.39. The molecule has 0 saturated carbocycles. The number of fused-ring (bicyclic) bond motifs is 1. The van der Waals surface area contributed by atoms with E-state index in [0.29, 0.717) is 6.04 Å². The zero-order valence-electron chi connectivity index (χ0n) is 12.3. The minimum absolute atomic E-state index is 0.397. The number of aryl methyl sites for hydroxylation is 1. The monoisotopic (exact) mass is 291 g/mol. The van der Waals surface area contributed by atoms with Crippen molar-refractivity contribution in [2.45, 2.75) is 18.9 Å². The van der Waals surface area contributed by atoms with Crippen LogP contribution in [0.25, 0.3) is 0 Å². The lowest BCUT2D eigenvalue weighted by molar-refractivity contribution is 0.223. The van der Waals surface area contributed by atoms with Crippen molar-refractivity contribution in [3.63, 3.8) is 0 Å². The summed E-state index contributed by atoms with van der Waals surface area (Å²) in [5, 5.41) is 0. The van der Waals surface area contributed by atoms with Gasteiger partial charge in [-0.25, -0.2) is 0 Å². The van der Waals surface area contributed by atoms with Crippen molar-refractivity contribution < 1.29 is 0 Å². The van der Waals surface area contributed by atoms with Crippen LogP contribution < -0.4 is 10.6 Å². The van der Waals surface area contributed by atoms with E-state index in [0.717, 1.165) is 6.54 Å². The Bertz CT molecular complexity index is 457. The molecule has 1 fully saturated rings. The Kier molecular flexibility index (Phi) is 4.54. The van der Waals surface area contributed by atoms with Crippen LogP contribution in [0.4, 0.5) is 5.69 Å². The molecule has 20 heavy (non-hydrogen) atoms. The van der Waals surface area contributed by atoms with Crippen molar-refractivity contribution in [3.8, 4) is 0 Å². The number of anilines is 1. The third-order valence-electron chi connectivity index (χ3n) is 4.55. The van der Waals surface area contributed by atoms with Crippen LogP contribution in [0, 0.1) is 0 Å². The van der Waals surface area contributed by atoms with Crippen LogP contribution in [0.1, 0.15) is 23.6 Å². The van der Waals surface area contributed by atoms with Crippen LogP contribution in [0.5, 0.6) is 0 Å². The lowest BCUT2D eigenvalue weighted by Gasteiger charge is -2.35. The van der Waals surface area contributed by atoms with Crippen molar-refractivity contribution in [3.05, 3.63) is 29.3 Å². The second-order valence-electron chi connectivity index (χ2n) is 5.81. The van der Waals surface area contributed by atoms with E-state index < -0.39 is 0 Å². The van der Waals surface area contributed by atoms with E-state index in [1.807, 2.05) is 0 Å². The van der Waals surface area contributed by atoms with Gasteiger partial charge in [-0.05, 0) is 30.0 Å². The zero-order valence-corrected chi connectivity index (χ0v) is 13.2. The lowest BCUT2D eigenvalue weighted by Crippen LogP contribution is -2.39. The highest BCUT2D eigenvalue weighted by Gasteiger charge is 2.23. The summed E-state index contributed by atoms with van der Waals surface area (Å²) in [6.45, 7) is 4.24. The van der Waals surface area contributed by atoms with Gasteiger partial charge in [0.15, 0.2) is 0 Å². The number of hydrogen-bond donors (Lipinski definition) is 1. The maximum Gasteiger partial charge on any atom is 0.0471 e. The number of benzene rings is 1. The third-order valence-corrected chi connectivity index (χ3v) is 5.49. The Morgan fingerprint density at radius 3 is 2.80 bits per heavy atom. The smallest absolute Gasteiger partial charge is 0.0471 e. The fourth-order valence-electron chi connectivity index (χ4n) is 3.40. The van der Waals surface area contributed by atoms with E-state index in [1.165, 1.54) is 60.8 Å². The average Bonchev–Trinajstić information content (AvgIpc) is 2.49. The topological polar surface area (TPSA) is 32.5 Å². The minimum Gasteiger partial charge on any atom is -0.374 e. The Morgan fingerprint density at radius 1 is 1.25 bits per heavy atom. The first-order chi connectivity index (χ1) is 9.79. The van der Waals surface area contributed by atoms with Gasteiger partial charge in [-0.1, -0.05) is 12.1 Å². The number of nitrogens with two attached hydrogens (primary N) is 1. The van der Waals surface area contributed by atoms with Crippen molar-refractivity contribution >= 4 is 17.4 Å². The molecular formula is C16H25N3S. The summed E-state index contributed by atoms with van der Waals surface area (Å²) < 4.78 is 0. The average molecular weight is 291 g/mol. The van der Waals surface area contributed by atoms with E-state index in [2.05, 4.69) is 46.8 Å². The van der Waals surface area contributed by atoms with E-state index >= 15 is 0 Å². The highest BCUT2D eigenvalue weighted by molar-refractivity contribution is 7.99.